The SMILES string of the molecule is CC(N)(CC#N)c1ccc(F)c(Br)c1. The molecule has 14 heavy (non-hydrogen) atoms. The van der Waals surface area contributed by atoms with Gasteiger partial charge in [0.05, 0.1) is 22.5 Å². The van der Waals surface area contributed by atoms with Gasteiger partial charge in [0.2, 0.25) is 0 Å². The first-order valence-electron chi connectivity index (χ1n) is 4.09. The number of halogens is 2. The third kappa shape index (κ3) is 2.31. The van der Waals surface area contributed by atoms with Crippen LogP contribution in [0.2, 0.25) is 0 Å². The molecule has 0 heterocycles. The minimum atomic E-state index is -0.731. The molecule has 1 atom stereocenters. The zero-order valence-corrected chi connectivity index (χ0v) is 9.31. The largest absolute Gasteiger partial charge is 0.321 e. The fourth-order valence-electron chi connectivity index (χ4n) is 1.12. The molecule has 4 heteroatoms. The van der Waals surface area contributed by atoms with Crippen LogP contribution in [0.4, 0.5) is 4.39 Å². The van der Waals surface area contributed by atoms with Crippen molar-refractivity contribution in [3.63, 3.8) is 0 Å². The molecule has 74 valence electrons. The van der Waals surface area contributed by atoms with Crippen LogP contribution in [0.3, 0.4) is 0 Å². The van der Waals surface area contributed by atoms with E-state index in [1.54, 1.807) is 19.1 Å². The summed E-state index contributed by atoms with van der Waals surface area (Å²) in [7, 11) is 0. The number of benzene rings is 1. The molecule has 1 aromatic carbocycles. The van der Waals surface area contributed by atoms with Crippen molar-refractivity contribution in [1.29, 1.82) is 5.26 Å². The summed E-state index contributed by atoms with van der Waals surface area (Å²) in [6.45, 7) is 1.75. The zero-order chi connectivity index (χ0) is 10.8. The van der Waals surface area contributed by atoms with Gasteiger partial charge < -0.3 is 5.73 Å². The van der Waals surface area contributed by atoms with Crippen molar-refractivity contribution in [2.24, 2.45) is 5.73 Å². The van der Waals surface area contributed by atoms with Crippen molar-refractivity contribution >= 4 is 15.9 Å². The van der Waals surface area contributed by atoms with Gasteiger partial charge in [-0.2, -0.15) is 5.26 Å². The third-order valence-corrected chi connectivity index (χ3v) is 2.63. The highest BCUT2D eigenvalue weighted by Crippen LogP contribution is 2.25. The Balaban J connectivity index is 3.09. The quantitative estimate of drug-likeness (QED) is 0.885. The van der Waals surface area contributed by atoms with Gasteiger partial charge in [0.1, 0.15) is 5.82 Å². The molecule has 0 saturated carbocycles. The van der Waals surface area contributed by atoms with E-state index in [0.717, 1.165) is 5.56 Å². The van der Waals surface area contributed by atoms with E-state index in [0.29, 0.717) is 4.47 Å². The maximum absolute atomic E-state index is 12.9. The van der Waals surface area contributed by atoms with Gasteiger partial charge in [0.25, 0.3) is 0 Å². The standard InChI is InChI=1S/C10H10BrFN2/c1-10(14,4-5-13)7-2-3-9(12)8(11)6-7/h2-3,6H,4,14H2,1H3. The predicted octanol–water partition coefficient (Wildman–Crippen LogP) is 2.68. The molecule has 0 fully saturated rings. The van der Waals surface area contributed by atoms with E-state index in [1.165, 1.54) is 6.07 Å². The average molecular weight is 257 g/mol. The predicted molar refractivity (Wildman–Crippen MR) is 55.9 cm³/mol. The normalized spacial score (nSPS) is 14.5. The van der Waals surface area contributed by atoms with Crippen molar-refractivity contribution in [3.05, 3.63) is 34.1 Å². The maximum atomic E-state index is 12.9. The van der Waals surface area contributed by atoms with Crippen LogP contribution in [0.15, 0.2) is 22.7 Å². The second kappa shape index (κ2) is 4.07. The van der Waals surface area contributed by atoms with Crippen molar-refractivity contribution in [1.82, 2.24) is 0 Å². The van der Waals surface area contributed by atoms with Gasteiger partial charge in [-0.25, -0.2) is 4.39 Å². The Hall–Kier alpha value is -0.920. The zero-order valence-electron chi connectivity index (χ0n) is 7.72. The molecule has 1 aromatic rings. The van der Waals surface area contributed by atoms with Crippen molar-refractivity contribution in [2.75, 3.05) is 0 Å². The van der Waals surface area contributed by atoms with E-state index in [-0.39, 0.29) is 12.2 Å². The van der Waals surface area contributed by atoms with Gasteiger partial charge in [-0.1, -0.05) is 6.07 Å². The van der Waals surface area contributed by atoms with E-state index in [9.17, 15) is 4.39 Å². The second-order valence-electron chi connectivity index (χ2n) is 3.38. The maximum Gasteiger partial charge on any atom is 0.137 e. The van der Waals surface area contributed by atoms with Gasteiger partial charge in [0, 0.05) is 0 Å². The molecular formula is C10H10BrFN2. The lowest BCUT2D eigenvalue weighted by molar-refractivity contribution is 0.505. The highest BCUT2D eigenvalue weighted by Gasteiger charge is 2.21. The van der Waals surface area contributed by atoms with E-state index in [4.69, 9.17) is 11.0 Å². The molecule has 2 N–H and O–H groups in total. The van der Waals surface area contributed by atoms with Crippen LogP contribution in [0.25, 0.3) is 0 Å². The highest BCUT2D eigenvalue weighted by atomic mass is 79.9. The lowest BCUT2D eigenvalue weighted by Crippen LogP contribution is -2.32. The number of hydrogen-bond acceptors (Lipinski definition) is 2. The molecule has 0 aliphatic heterocycles. The van der Waals surface area contributed by atoms with Crippen molar-refractivity contribution in [2.45, 2.75) is 18.9 Å². The minimum absolute atomic E-state index is 0.199. The molecule has 2 nitrogen and oxygen atoms in total. The Kier molecular flexibility index (Phi) is 3.25. The van der Waals surface area contributed by atoms with Crippen LogP contribution in [0, 0.1) is 17.1 Å². The van der Waals surface area contributed by atoms with Gasteiger partial charge in [-0.3, -0.25) is 0 Å². The molecule has 0 amide bonds. The van der Waals surface area contributed by atoms with Crippen LogP contribution < -0.4 is 5.73 Å². The highest BCUT2D eigenvalue weighted by molar-refractivity contribution is 9.10. The first-order valence-corrected chi connectivity index (χ1v) is 4.88. The molecule has 0 aromatic heterocycles. The van der Waals surface area contributed by atoms with E-state index in [1.807, 2.05) is 6.07 Å². The van der Waals surface area contributed by atoms with E-state index >= 15 is 0 Å². The fourth-order valence-corrected chi connectivity index (χ4v) is 1.50. The molecule has 0 radical (unpaired) electrons. The number of nitriles is 1. The summed E-state index contributed by atoms with van der Waals surface area (Å²) in [5.74, 6) is -0.332. The molecule has 0 aliphatic rings. The van der Waals surface area contributed by atoms with Crippen LogP contribution in [0.5, 0.6) is 0 Å². The number of nitrogens with zero attached hydrogens (tertiary/aromatic N) is 1. The van der Waals surface area contributed by atoms with Crippen LogP contribution in [-0.4, -0.2) is 0 Å². The molecular weight excluding hydrogens is 247 g/mol. The van der Waals surface area contributed by atoms with Crippen LogP contribution in [-0.2, 0) is 5.54 Å². The lowest BCUT2D eigenvalue weighted by Gasteiger charge is -2.22. The van der Waals surface area contributed by atoms with Crippen LogP contribution in [0.1, 0.15) is 18.9 Å². The van der Waals surface area contributed by atoms with Crippen molar-refractivity contribution < 1.29 is 4.39 Å². The number of nitrogens with two attached hydrogens (primary N) is 1. The Morgan fingerprint density at radius 3 is 2.79 bits per heavy atom. The summed E-state index contributed by atoms with van der Waals surface area (Å²) in [5, 5.41) is 8.57. The summed E-state index contributed by atoms with van der Waals surface area (Å²) in [4.78, 5) is 0. The Bertz CT molecular complexity index is 382. The molecule has 1 unspecified atom stereocenters. The summed E-state index contributed by atoms with van der Waals surface area (Å²) in [6, 6.07) is 6.54. The second-order valence-corrected chi connectivity index (χ2v) is 4.24. The molecule has 0 spiro atoms. The van der Waals surface area contributed by atoms with Crippen molar-refractivity contribution in [3.8, 4) is 6.07 Å². The fraction of sp³-hybridized carbons (Fsp3) is 0.300. The summed E-state index contributed by atoms with van der Waals surface area (Å²) in [6.07, 6.45) is 0.199. The Morgan fingerprint density at radius 2 is 2.29 bits per heavy atom. The Labute approximate surface area is 90.7 Å². The summed E-state index contributed by atoms with van der Waals surface area (Å²) < 4.78 is 13.3. The number of hydrogen-bond donors (Lipinski definition) is 1. The minimum Gasteiger partial charge on any atom is -0.321 e. The number of rotatable bonds is 2. The summed E-state index contributed by atoms with van der Waals surface area (Å²) in [5.41, 5.74) is 5.91. The lowest BCUT2D eigenvalue weighted by atomic mass is 9.90. The Morgan fingerprint density at radius 1 is 1.64 bits per heavy atom. The summed E-state index contributed by atoms with van der Waals surface area (Å²) >= 11 is 3.08. The van der Waals surface area contributed by atoms with E-state index in [2.05, 4.69) is 15.9 Å². The first-order chi connectivity index (χ1) is 6.47. The molecule has 0 bridgehead atoms. The molecule has 0 aliphatic carbocycles. The molecule has 0 saturated heterocycles. The van der Waals surface area contributed by atoms with Crippen LogP contribution >= 0.6 is 15.9 Å². The average Bonchev–Trinajstić information content (AvgIpc) is 2.09. The molecule has 1 rings (SSSR count). The monoisotopic (exact) mass is 256 g/mol. The van der Waals surface area contributed by atoms with E-state index < -0.39 is 5.54 Å². The smallest absolute Gasteiger partial charge is 0.137 e. The van der Waals surface area contributed by atoms with Gasteiger partial charge >= 0.3 is 0 Å². The van der Waals surface area contributed by atoms with Gasteiger partial charge in [0.15, 0.2) is 0 Å². The first kappa shape index (κ1) is 11.2. The van der Waals surface area contributed by atoms with Gasteiger partial charge in [-0.05, 0) is 40.5 Å². The van der Waals surface area contributed by atoms with Gasteiger partial charge in [-0.15, -0.1) is 0 Å². The third-order valence-electron chi connectivity index (χ3n) is 2.03. The topological polar surface area (TPSA) is 49.8 Å².